The van der Waals surface area contributed by atoms with Crippen molar-refractivity contribution in [3.05, 3.63) is 47.8 Å². The minimum Gasteiger partial charge on any atom is -0.359 e. The van der Waals surface area contributed by atoms with Crippen LogP contribution in [0.5, 0.6) is 0 Å². The third-order valence-corrected chi connectivity index (χ3v) is 3.01. The minimum absolute atomic E-state index is 0. The first-order valence-corrected chi connectivity index (χ1v) is 5.01. The maximum absolute atomic E-state index is 5.65. The van der Waals surface area contributed by atoms with Crippen molar-refractivity contribution in [2.45, 2.75) is 12.2 Å². The molecule has 0 saturated carbocycles. The summed E-state index contributed by atoms with van der Waals surface area (Å²) in [6.45, 7) is 0. The Morgan fingerprint density at radius 3 is 1.88 bits per heavy atom. The molecule has 3 nitrogen and oxygen atoms in total. The molecule has 1 fully saturated rings. The largest absolute Gasteiger partial charge is 0.359 e. The summed E-state index contributed by atoms with van der Waals surface area (Å²) in [6.07, 6.45) is 4.04. The van der Waals surface area contributed by atoms with Gasteiger partial charge in [0.05, 0.1) is 11.4 Å². The molecular formula is C12H8N2ORu. The Balaban J connectivity index is 0.000000810. The first kappa shape index (κ1) is 10.1. The number of pyridine rings is 2. The number of fused-ring (bicyclic) bond motifs is 6. The van der Waals surface area contributed by atoms with Crippen LogP contribution in [0, 0.1) is 0 Å². The van der Waals surface area contributed by atoms with E-state index in [0.717, 1.165) is 11.4 Å². The van der Waals surface area contributed by atoms with Crippen LogP contribution in [0.4, 0.5) is 0 Å². The molecule has 2 unspecified atom stereocenters. The molecule has 1 aliphatic carbocycles. The van der Waals surface area contributed by atoms with Crippen LogP contribution in [0.15, 0.2) is 36.7 Å². The Kier molecular flexibility index (Phi) is 2.16. The summed E-state index contributed by atoms with van der Waals surface area (Å²) in [5.74, 6) is 0. The molecule has 1 aliphatic heterocycles. The van der Waals surface area contributed by atoms with Gasteiger partial charge in [-0.1, -0.05) is 12.1 Å². The second-order valence-corrected chi connectivity index (χ2v) is 3.86. The van der Waals surface area contributed by atoms with Gasteiger partial charge >= 0.3 is 0 Å². The average Bonchev–Trinajstić information content (AvgIpc) is 3.10. The van der Waals surface area contributed by atoms with Gasteiger partial charge in [-0.05, 0) is 12.1 Å². The van der Waals surface area contributed by atoms with Gasteiger partial charge in [-0.15, -0.1) is 0 Å². The number of hydrogen-bond donors (Lipinski definition) is 0. The van der Waals surface area contributed by atoms with Crippen molar-refractivity contribution in [2.75, 3.05) is 0 Å². The molecule has 0 bridgehead atoms. The fourth-order valence-electron chi connectivity index (χ4n) is 2.28. The molecule has 2 aromatic rings. The molecule has 2 aromatic heterocycles. The summed E-state index contributed by atoms with van der Waals surface area (Å²) in [6, 6.07) is 8.05. The average molecular weight is 297 g/mol. The molecule has 0 aromatic carbocycles. The van der Waals surface area contributed by atoms with Crippen LogP contribution in [0.3, 0.4) is 0 Å². The molecule has 16 heavy (non-hydrogen) atoms. The Hall–Kier alpha value is -1.12. The monoisotopic (exact) mass is 298 g/mol. The van der Waals surface area contributed by atoms with Crippen LogP contribution >= 0.6 is 0 Å². The van der Waals surface area contributed by atoms with Gasteiger partial charge in [0.1, 0.15) is 12.2 Å². The summed E-state index contributed by atoms with van der Waals surface area (Å²) in [7, 11) is 0. The standard InChI is InChI=1S/C12H8N2O.Ru/c1-3-7-9(13-5-1)10-8(4-2-6-14-10)12-11(7)15-12;/h1-6,11-12H;. The van der Waals surface area contributed by atoms with E-state index in [-0.39, 0.29) is 31.7 Å². The molecule has 0 spiro atoms. The summed E-state index contributed by atoms with van der Waals surface area (Å²) in [5, 5.41) is 0. The van der Waals surface area contributed by atoms with Crippen molar-refractivity contribution in [1.82, 2.24) is 9.97 Å². The van der Waals surface area contributed by atoms with Gasteiger partial charge < -0.3 is 4.74 Å². The smallest absolute Gasteiger partial charge is 0.116 e. The number of ether oxygens (including phenoxy) is 1. The second-order valence-electron chi connectivity index (χ2n) is 3.86. The Morgan fingerprint density at radius 1 is 0.875 bits per heavy atom. The number of hydrogen-bond acceptors (Lipinski definition) is 3. The van der Waals surface area contributed by atoms with E-state index >= 15 is 0 Å². The van der Waals surface area contributed by atoms with Gasteiger partial charge in [-0.25, -0.2) is 0 Å². The zero-order valence-electron chi connectivity index (χ0n) is 8.28. The summed E-state index contributed by atoms with van der Waals surface area (Å²) >= 11 is 0. The van der Waals surface area contributed by atoms with Gasteiger partial charge in [-0.3, -0.25) is 9.97 Å². The van der Waals surface area contributed by atoms with Gasteiger partial charge in [-0.2, -0.15) is 0 Å². The molecular weight excluding hydrogens is 289 g/mol. The van der Waals surface area contributed by atoms with Crippen LogP contribution in [0.1, 0.15) is 23.3 Å². The molecule has 3 heterocycles. The third-order valence-electron chi connectivity index (χ3n) is 3.01. The van der Waals surface area contributed by atoms with Crippen molar-refractivity contribution < 1.29 is 24.2 Å². The summed E-state index contributed by atoms with van der Waals surface area (Å²) in [4.78, 5) is 8.79. The Morgan fingerprint density at radius 2 is 1.38 bits per heavy atom. The SMILES string of the molecule is [Ru].c1cnc2c(c1)C1OC1c1cccnc1-2. The van der Waals surface area contributed by atoms with Gasteiger partial charge in [0, 0.05) is 43.0 Å². The predicted molar refractivity (Wildman–Crippen MR) is 54.0 cm³/mol. The van der Waals surface area contributed by atoms with Gasteiger partial charge in [0.25, 0.3) is 0 Å². The molecule has 4 heteroatoms. The minimum atomic E-state index is 0. The fraction of sp³-hybridized carbons (Fsp3) is 0.167. The Bertz CT molecular complexity index is 509. The van der Waals surface area contributed by atoms with Crippen LogP contribution < -0.4 is 0 Å². The number of epoxide rings is 1. The van der Waals surface area contributed by atoms with E-state index in [0.29, 0.717) is 0 Å². The molecule has 2 atom stereocenters. The van der Waals surface area contributed by atoms with E-state index in [9.17, 15) is 0 Å². The van der Waals surface area contributed by atoms with Crippen molar-refractivity contribution in [1.29, 1.82) is 0 Å². The molecule has 2 aliphatic rings. The third kappa shape index (κ3) is 1.20. The zero-order valence-corrected chi connectivity index (χ0v) is 10.0. The number of nitrogens with zero attached hydrogens (tertiary/aromatic N) is 2. The van der Waals surface area contributed by atoms with E-state index in [2.05, 4.69) is 22.1 Å². The van der Waals surface area contributed by atoms with E-state index < -0.39 is 0 Å². The molecule has 80 valence electrons. The molecule has 0 radical (unpaired) electrons. The predicted octanol–water partition coefficient (Wildman–Crippen LogP) is 2.27. The summed E-state index contributed by atoms with van der Waals surface area (Å²) < 4.78 is 5.65. The van der Waals surface area contributed by atoms with Crippen LogP contribution in [-0.2, 0) is 24.2 Å². The molecule has 4 rings (SSSR count). The second kappa shape index (κ2) is 3.44. The van der Waals surface area contributed by atoms with Crippen molar-refractivity contribution in [3.8, 4) is 11.4 Å². The van der Waals surface area contributed by atoms with Crippen molar-refractivity contribution in [3.63, 3.8) is 0 Å². The van der Waals surface area contributed by atoms with Crippen molar-refractivity contribution >= 4 is 0 Å². The van der Waals surface area contributed by atoms with E-state index in [4.69, 9.17) is 4.74 Å². The van der Waals surface area contributed by atoms with Crippen LogP contribution in [0.2, 0.25) is 0 Å². The maximum atomic E-state index is 5.65. The molecule has 0 N–H and O–H groups in total. The molecule has 0 amide bonds. The quantitative estimate of drug-likeness (QED) is 0.553. The fourth-order valence-corrected chi connectivity index (χ4v) is 2.28. The van der Waals surface area contributed by atoms with Crippen LogP contribution in [0.25, 0.3) is 11.4 Å². The van der Waals surface area contributed by atoms with Gasteiger partial charge in [0.15, 0.2) is 0 Å². The zero-order chi connectivity index (χ0) is 9.83. The first-order valence-electron chi connectivity index (χ1n) is 5.01. The van der Waals surface area contributed by atoms with Crippen LogP contribution in [-0.4, -0.2) is 9.97 Å². The first-order chi connectivity index (χ1) is 7.45. The molecule has 1 saturated heterocycles. The number of aromatic nitrogens is 2. The topological polar surface area (TPSA) is 38.3 Å². The summed E-state index contributed by atoms with van der Waals surface area (Å²) in [5.41, 5.74) is 4.31. The van der Waals surface area contributed by atoms with E-state index in [1.165, 1.54) is 11.1 Å². The normalized spacial score (nSPS) is 23.5. The van der Waals surface area contributed by atoms with Gasteiger partial charge in [0.2, 0.25) is 0 Å². The van der Waals surface area contributed by atoms with E-state index in [1.54, 1.807) is 12.4 Å². The Labute approximate surface area is 106 Å². The van der Waals surface area contributed by atoms with Crippen molar-refractivity contribution in [2.24, 2.45) is 0 Å². The maximum Gasteiger partial charge on any atom is 0.116 e. The number of rotatable bonds is 0. The van der Waals surface area contributed by atoms with E-state index in [1.807, 2.05) is 12.1 Å².